The van der Waals surface area contributed by atoms with Gasteiger partial charge in [0.1, 0.15) is 0 Å². The zero-order chi connectivity index (χ0) is 13.0. The minimum absolute atomic E-state index is 0.0247. The van der Waals surface area contributed by atoms with Crippen molar-refractivity contribution in [2.45, 2.75) is 70.7 Å². The molecule has 106 valence electrons. The van der Waals surface area contributed by atoms with Crippen LogP contribution in [0.15, 0.2) is 0 Å². The average molecular weight is 256 g/mol. The van der Waals surface area contributed by atoms with E-state index in [0.29, 0.717) is 18.4 Å². The van der Waals surface area contributed by atoms with E-state index in [1.165, 1.54) is 12.8 Å². The van der Waals surface area contributed by atoms with Crippen molar-refractivity contribution in [3.8, 4) is 0 Å². The van der Waals surface area contributed by atoms with Crippen LogP contribution in [0.2, 0.25) is 0 Å². The largest absolute Gasteiger partial charge is 0.390 e. The van der Waals surface area contributed by atoms with E-state index in [0.717, 1.165) is 32.3 Å². The van der Waals surface area contributed by atoms with E-state index in [2.05, 4.69) is 13.8 Å². The van der Waals surface area contributed by atoms with Crippen molar-refractivity contribution in [1.82, 2.24) is 0 Å². The lowest BCUT2D eigenvalue weighted by atomic mass is 9.79. The smallest absolute Gasteiger partial charge is 0.0838 e. The summed E-state index contributed by atoms with van der Waals surface area (Å²) < 4.78 is 11.6. The van der Waals surface area contributed by atoms with Gasteiger partial charge in [0.15, 0.2) is 0 Å². The Kier molecular flexibility index (Phi) is 5.46. The zero-order valence-electron chi connectivity index (χ0n) is 11.8. The predicted molar refractivity (Wildman–Crippen MR) is 71.5 cm³/mol. The third-order valence-corrected chi connectivity index (χ3v) is 4.51. The van der Waals surface area contributed by atoms with Crippen LogP contribution in [0.3, 0.4) is 0 Å². The van der Waals surface area contributed by atoms with Crippen molar-refractivity contribution in [2.24, 2.45) is 11.8 Å². The molecule has 4 unspecified atom stereocenters. The second-order valence-electron chi connectivity index (χ2n) is 6.24. The molecule has 0 amide bonds. The Bertz CT molecular complexity index is 236. The molecule has 2 rings (SSSR count). The second kappa shape index (κ2) is 6.88. The minimum Gasteiger partial charge on any atom is -0.390 e. The molecule has 1 N–H and O–H groups in total. The summed E-state index contributed by atoms with van der Waals surface area (Å²) in [6, 6.07) is 0. The van der Waals surface area contributed by atoms with Gasteiger partial charge in [0.2, 0.25) is 0 Å². The first-order valence-electron chi connectivity index (χ1n) is 7.58. The Balaban J connectivity index is 1.75. The van der Waals surface area contributed by atoms with Crippen LogP contribution in [-0.4, -0.2) is 36.6 Å². The molecule has 4 atom stereocenters. The SMILES string of the molecule is CC(C)C1CCC(O)C(OCC2CCCCO2)C1. The molecule has 18 heavy (non-hydrogen) atoms. The van der Waals surface area contributed by atoms with Crippen LogP contribution < -0.4 is 0 Å². The number of aliphatic hydroxyl groups is 1. The van der Waals surface area contributed by atoms with Gasteiger partial charge in [-0.15, -0.1) is 0 Å². The predicted octanol–water partition coefficient (Wildman–Crippen LogP) is 2.76. The Labute approximate surface area is 111 Å². The van der Waals surface area contributed by atoms with Crippen LogP contribution in [0, 0.1) is 11.8 Å². The van der Waals surface area contributed by atoms with Gasteiger partial charge in [-0.05, 0) is 50.4 Å². The van der Waals surface area contributed by atoms with Gasteiger partial charge < -0.3 is 14.6 Å². The monoisotopic (exact) mass is 256 g/mol. The van der Waals surface area contributed by atoms with Crippen molar-refractivity contribution in [1.29, 1.82) is 0 Å². The first kappa shape index (κ1) is 14.3. The van der Waals surface area contributed by atoms with Crippen LogP contribution in [0.5, 0.6) is 0 Å². The fourth-order valence-corrected chi connectivity index (χ4v) is 3.10. The Morgan fingerprint density at radius 3 is 2.72 bits per heavy atom. The first-order valence-corrected chi connectivity index (χ1v) is 7.58. The summed E-state index contributed by atoms with van der Waals surface area (Å²) >= 11 is 0. The number of aliphatic hydroxyl groups excluding tert-OH is 1. The summed E-state index contributed by atoms with van der Waals surface area (Å²) in [5, 5.41) is 10.0. The summed E-state index contributed by atoms with van der Waals surface area (Å²) in [4.78, 5) is 0. The van der Waals surface area contributed by atoms with Gasteiger partial charge in [-0.1, -0.05) is 13.8 Å². The summed E-state index contributed by atoms with van der Waals surface area (Å²) in [5.41, 5.74) is 0. The number of hydrogen-bond donors (Lipinski definition) is 1. The molecule has 0 aromatic heterocycles. The number of hydrogen-bond acceptors (Lipinski definition) is 3. The molecular formula is C15H28O3. The zero-order valence-corrected chi connectivity index (χ0v) is 11.8. The van der Waals surface area contributed by atoms with Crippen LogP contribution >= 0.6 is 0 Å². The second-order valence-corrected chi connectivity index (χ2v) is 6.24. The molecule has 2 fully saturated rings. The Hall–Kier alpha value is -0.120. The third-order valence-electron chi connectivity index (χ3n) is 4.51. The topological polar surface area (TPSA) is 38.7 Å². The number of rotatable bonds is 4. The third kappa shape index (κ3) is 3.94. The lowest BCUT2D eigenvalue weighted by Gasteiger charge is -2.36. The molecule has 1 aliphatic heterocycles. The summed E-state index contributed by atoms with van der Waals surface area (Å²) in [7, 11) is 0. The molecule has 3 nitrogen and oxygen atoms in total. The fourth-order valence-electron chi connectivity index (χ4n) is 3.10. The minimum atomic E-state index is -0.274. The van der Waals surface area contributed by atoms with E-state index in [-0.39, 0.29) is 18.3 Å². The molecule has 1 saturated carbocycles. The molecule has 2 aliphatic rings. The number of ether oxygens (including phenoxy) is 2. The molecule has 1 heterocycles. The van der Waals surface area contributed by atoms with Crippen molar-refractivity contribution < 1.29 is 14.6 Å². The highest BCUT2D eigenvalue weighted by atomic mass is 16.5. The van der Waals surface area contributed by atoms with Gasteiger partial charge in [-0.2, -0.15) is 0 Å². The van der Waals surface area contributed by atoms with Gasteiger partial charge in [0, 0.05) is 6.61 Å². The fraction of sp³-hybridized carbons (Fsp3) is 1.00. The van der Waals surface area contributed by atoms with E-state index in [1.807, 2.05) is 0 Å². The summed E-state index contributed by atoms with van der Waals surface area (Å²) in [6.45, 7) is 6.07. The van der Waals surface area contributed by atoms with Crippen LogP contribution in [0.4, 0.5) is 0 Å². The van der Waals surface area contributed by atoms with E-state index in [9.17, 15) is 5.11 Å². The molecule has 0 aromatic rings. The van der Waals surface area contributed by atoms with Gasteiger partial charge in [0.25, 0.3) is 0 Å². The lowest BCUT2D eigenvalue weighted by Crippen LogP contribution is -2.39. The van der Waals surface area contributed by atoms with Crippen LogP contribution in [0.25, 0.3) is 0 Å². The summed E-state index contributed by atoms with van der Waals surface area (Å²) in [5.74, 6) is 1.39. The molecule has 1 aliphatic carbocycles. The van der Waals surface area contributed by atoms with Gasteiger partial charge >= 0.3 is 0 Å². The summed E-state index contributed by atoms with van der Waals surface area (Å²) in [6.07, 6.45) is 6.57. The first-order chi connectivity index (χ1) is 8.66. The molecule has 0 radical (unpaired) electrons. The van der Waals surface area contributed by atoms with Crippen LogP contribution in [-0.2, 0) is 9.47 Å². The van der Waals surface area contributed by atoms with Crippen molar-refractivity contribution in [3.63, 3.8) is 0 Å². The van der Waals surface area contributed by atoms with E-state index in [4.69, 9.17) is 9.47 Å². The van der Waals surface area contributed by atoms with Crippen LogP contribution in [0.1, 0.15) is 52.4 Å². The highest BCUT2D eigenvalue weighted by Crippen LogP contribution is 2.32. The lowest BCUT2D eigenvalue weighted by molar-refractivity contribution is -0.115. The van der Waals surface area contributed by atoms with Gasteiger partial charge in [-0.25, -0.2) is 0 Å². The molecule has 1 saturated heterocycles. The quantitative estimate of drug-likeness (QED) is 0.840. The highest BCUT2D eigenvalue weighted by Gasteiger charge is 2.31. The van der Waals surface area contributed by atoms with Gasteiger partial charge in [0.05, 0.1) is 24.9 Å². The molecule has 3 heteroatoms. The average Bonchev–Trinajstić information content (AvgIpc) is 2.38. The van der Waals surface area contributed by atoms with Gasteiger partial charge in [-0.3, -0.25) is 0 Å². The normalized spacial score (nSPS) is 38.0. The highest BCUT2D eigenvalue weighted by molar-refractivity contribution is 4.82. The maximum absolute atomic E-state index is 10.0. The van der Waals surface area contributed by atoms with Crippen molar-refractivity contribution >= 4 is 0 Å². The van der Waals surface area contributed by atoms with E-state index >= 15 is 0 Å². The molecule has 0 bridgehead atoms. The molecular weight excluding hydrogens is 228 g/mol. The Morgan fingerprint density at radius 1 is 1.22 bits per heavy atom. The maximum Gasteiger partial charge on any atom is 0.0838 e. The van der Waals surface area contributed by atoms with E-state index < -0.39 is 0 Å². The molecule has 0 spiro atoms. The maximum atomic E-state index is 10.0. The standard InChI is InChI=1S/C15H28O3/c1-11(2)12-6-7-14(16)15(9-12)18-10-13-5-3-4-8-17-13/h11-16H,3-10H2,1-2H3. The van der Waals surface area contributed by atoms with Crippen molar-refractivity contribution in [3.05, 3.63) is 0 Å². The molecule has 0 aromatic carbocycles. The van der Waals surface area contributed by atoms with Crippen molar-refractivity contribution in [2.75, 3.05) is 13.2 Å². The van der Waals surface area contributed by atoms with E-state index in [1.54, 1.807) is 0 Å². The Morgan fingerprint density at radius 2 is 2.06 bits per heavy atom.